The highest BCUT2D eigenvalue weighted by molar-refractivity contribution is 9.10. The van der Waals surface area contributed by atoms with Gasteiger partial charge in [0.1, 0.15) is 0 Å². The van der Waals surface area contributed by atoms with Crippen molar-refractivity contribution in [3.8, 4) is 0 Å². The summed E-state index contributed by atoms with van der Waals surface area (Å²) in [6, 6.07) is 0. The fourth-order valence-electron chi connectivity index (χ4n) is 7.01. The standard InChI is InChI=1S/C23H29BrO7/c1-12(25)31-11-19(29)23(30)17(27)9-16-15-5-4-13-8-14(26)6-7-20(13,2)22(15,24)18(28)10-21(16,23)3/h6-8,15-18,27-28,30H,4-5,9-11H2,1-3H3/t15?,16?,17-,18+,20+,21+,22+,23+/m1/s1. The molecule has 0 amide bonds. The molecule has 2 unspecified atom stereocenters. The van der Waals surface area contributed by atoms with E-state index in [4.69, 9.17) is 4.74 Å². The van der Waals surface area contributed by atoms with E-state index in [1.807, 2.05) is 13.0 Å². The number of allylic oxidation sites excluding steroid dienone is 4. The van der Waals surface area contributed by atoms with Crippen molar-refractivity contribution in [1.29, 1.82) is 0 Å². The van der Waals surface area contributed by atoms with Crippen LogP contribution in [0.2, 0.25) is 0 Å². The molecule has 4 aliphatic carbocycles. The van der Waals surface area contributed by atoms with Gasteiger partial charge in [0.15, 0.2) is 18.0 Å². The van der Waals surface area contributed by atoms with Gasteiger partial charge in [0.25, 0.3) is 0 Å². The van der Waals surface area contributed by atoms with Crippen LogP contribution in [0.4, 0.5) is 0 Å². The zero-order valence-corrected chi connectivity index (χ0v) is 19.5. The van der Waals surface area contributed by atoms with Crippen LogP contribution in [0.15, 0.2) is 23.8 Å². The smallest absolute Gasteiger partial charge is 0.303 e. The lowest BCUT2D eigenvalue weighted by Gasteiger charge is -2.64. The van der Waals surface area contributed by atoms with Gasteiger partial charge in [-0.1, -0.05) is 41.4 Å². The van der Waals surface area contributed by atoms with Crippen molar-refractivity contribution in [2.24, 2.45) is 22.7 Å². The number of esters is 1. The molecule has 0 spiro atoms. The lowest BCUT2D eigenvalue weighted by molar-refractivity contribution is -0.187. The molecule has 0 aromatic heterocycles. The average molecular weight is 497 g/mol. The Kier molecular flexibility index (Phi) is 5.21. The quantitative estimate of drug-likeness (QED) is 0.400. The first kappa shape index (κ1) is 22.8. The molecule has 0 aromatic rings. The lowest BCUT2D eigenvalue weighted by atomic mass is 9.46. The van der Waals surface area contributed by atoms with Crippen LogP contribution in [0, 0.1) is 22.7 Å². The first-order chi connectivity index (χ1) is 14.3. The summed E-state index contributed by atoms with van der Waals surface area (Å²) in [6.07, 6.45) is 4.29. The van der Waals surface area contributed by atoms with Crippen LogP contribution in [0.5, 0.6) is 0 Å². The van der Waals surface area contributed by atoms with Crippen LogP contribution >= 0.6 is 15.9 Å². The molecule has 31 heavy (non-hydrogen) atoms. The van der Waals surface area contributed by atoms with Crippen molar-refractivity contribution in [3.05, 3.63) is 23.8 Å². The van der Waals surface area contributed by atoms with Crippen LogP contribution in [0.1, 0.15) is 46.5 Å². The molecule has 0 heterocycles. The van der Waals surface area contributed by atoms with Crippen LogP contribution in [0.3, 0.4) is 0 Å². The molecule has 4 aliphatic rings. The number of carbonyl (C=O) groups is 3. The fraction of sp³-hybridized carbons (Fsp3) is 0.696. The first-order valence-corrected chi connectivity index (χ1v) is 11.5. The number of Topliss-reactive ketones (excluding diaryl/α,β-unsaturated/α-hetero) is 1. The third kappa shape index (κ3) is 2.77. The highest BCUT2D eigenvalue weighted by Crippen LogP contribution is 2.71. The normalized spacial score (nSPS) is 48.4. The molecule has 0 saturated heterocycles. The van der Waals surface area contributed by atoms with E-state index in [1.165, 1.54) is 13.0 Å². The molecule has 3 N–H and O–H groups in total. The van der Waals surface area contributed by atoms with Crippen LogP contribution in [-0.2, 0) is 19.1 Å². The number of aliphatic hydroxyl groups excluding tert-OH is 2. The molecule has 8 atom stereocenters. The Morgan fingerprint density at radius 3 is 2.55 bits per heavy atom. The maximum atomic E-state index is 13.0. The zero-order chi connectivity index (χ0) is 23.0. The third-order valence-corrected chi connectivity index (χ3v) is 10.6. The van der Waals surface area contributed by atoms with Crippen molar-refractivity contribution < 1.29 is 34.4 Å². The first-order valence-electron chi connectivity index (χ1n) is 10.7. The summed E-state index contributed by atoms with van der Waals surface area (Å²) in [5.74, 6) is -1.89. The van der Waals surface area contributed by atoms with Gasteiger partial charge in [-0.25, -0.2) is 0 Å². The summed E-state index contributed by atoms with van der Waals surface area (Å²) < 4.78 is 4.01. The summed E-state index contributed by atoms with van der Waals surface area (Å²) in [4.78, 5) is 36.1. The molecule has 0 radical (unpaired) electrons. The number of fused-ring (bicyclic) bond motifs is 5. The highest BCUT2D eigenvalue weighted by atomic mass is 79.9. The molecule has 170 valence electrons. The minimum absolute atomic E-state index is 0.0705. The Labute approximate surface area is 189 Å². The monoisotopic (exact) mass is 496 g/mol. The second-order valence-corrected chi connectivity index (χ2v) is 11.3. The minimum atomic E-state index is -2.13. The largest absolute Gasteiger partial charge is 0.458 e. The van der Waals surface area contributed by atoms with Gasteiger partial charge in [-0.3, -0.25) is 14.4 Å². The van der Waals surface area contributed by atoms with Crippen molar-refractivity contribution in [2.75, 3.05) is 6.61 Å². The highest BCUT2D eigenvalue weighted by Gasteiger charge is 2.75. The van der Waals surface area contributed by atoms with E-state index < -0.39 is 51.3 Å². The van der Waals surface area contributed by atoms with Gasteiger partial charge in [0.05, 0.1) is 16.5 Å². The van der Waals surface area contributed by atoms with Crippen molar-refractivity contribution >= 4 is 33.5 Å². The second kappa shape index (κ2) is 7.07. The SMILES string of the molecule is CC(=O)OCC(=O)[C@@]1(O)[C@H](O)CC2C3CCC4=CC(=O)C=C[C@]4(C)[C@@]3(Br)[C@@H](O)C[C@@]21C. The molecule has 0 bridgehead atoms. The topological polar surface area (TPSA) is 121 Å². The van der Waals surface area contributed by atoms with Crippen molar-refractivity contribution in [3.63, 3.8) is 0 Å². The number of alkyl halides is 1. The van der Waals surface area contributed by atoms with Gasteiger partial charge in [0, 0.05) is 17.8 Å². The van der Waals surface area contributed by atoms with Crippen LogP contribution < -0.4 is 0 Å². The molecule has 4 rings (SSSR count). The number of hydrogen-bond acceptors (Lipinski definition) is 7. The number of carbonyl (C=O) groups excluding carboxylic acids is 3. The minimum Gasteiger partial charge on any atom is -0.458 e. The van der Waals surface area contributed by atoms with E-state index in [1.54, 1.807) is 13.0 Å². The Morgan fingerprint density at radius 1 is 1.23 bits per heavy atom. The van der Waals surface area contributed by atoms with Crippen LogP contribution in [0.25, 0.3) is 0 Å². The molecule has 3 fully saturated rings. The number of ether oxygens (including phenoxy) is 1. The summed E-state index contributed by atoms with van der Waals surface area (Å²) in [6.45, 7) is 4.29. The summed E-state index contributed by atoms with van der Waals surface area (Å²) in [5, 5.41) is 33.9. The zero-order valence-electron chi connectivity index (χ0n) is 17.9. The second-order valence-electron chi connectivity index (χ2n) is 9.99. The number of rotatable bonds is 3. The van der Waals surface area contributed by atoms with E-state index in [0.717, 1.165) is 5.57 Å². The van der Waals surface area contributed by atoms with Crippen molar-refractivity contribution in [2.45, 2.75) is 68.6 Å². The fourth-order valence-corrected chi connectivity index (χ4v) is 8.10. The number of halogens is 1. The molecule has 3 saturated carbocycles. The Balaban J connectivity index is 1.76. The Morgan fingerprint density at radius 2 is 1.90 bits per heavy atom. The maximum absolute atomic E-state index is 13.0. The summed E-state index contributed by atoms with van der Waals surface area (Å²) in [5.41, 5.74) is -2.89. The lowest BCUT2D eigenvalue weighted by Crippen LogP contribution is -2.69. The van der Waals surface area contributed by atoms with Gasteiger partial charge in [-0.05, 0) is 49.7 Å². The molecule has 7 nitrogen and oxygen atoms in total. The molecule has 0 aromatic carbocycles. The van der Waals surface area contributed by atoms with E-state index in [9.17, 15) is 29.7 Å². The number of aliphatic hydroxyl groups is 3. The third-order valence-electron chi connectivity index (χ3n) is 8.69. The number of hydrogen-bond donors (Lipinski definition) is 3. The summed E-state index contributed by atoms with van der Waals surface area (Å²) >= 11 is 3.89. The van der Waals surface area contributed by atoms with Gasteiger partial charge in [0.2, 0.25) is 5.78 Å². The average Bonchev–Trinajstić information content (AvgIpc) is 2.89. The molecule has 0 aliphatic heterocycles. The van der Waals surface area contributed by atoms with Crippen LogP contribution in [-0.4, -0.2) is 61.6 Å². The van der Waals surface area contributed by atoms with Crippen molar-refractivity contribution in [1.82, 2.24) is 0 Å². The van der Waals surface area contributed by atoms with E-state index in [2.05, 4.69) is 15.9 Å². The number of ketones is 2. The predicted octanol–water partition coefficient (Wildman–Crippen LogP) is 1.62. The van der Waals surface area contributed by atoms with E-state index in [-0.39, 0.29) is 30.5 Å². The van der Waals surface area contributed by atoms with Gasteiger partial charge >= 0.3 is 5.97 Å². The van der Waals surface area contributed by atoms with Gasteiger partial charge in [-0.15, -0.1) is 0 Å². The molecule has 8 heteroatoms. The Hall–Kier alpha value is -1.35. The maximum Gasteiger partial charge on any atom is 0.303 e. The summed E-state index contributed by atoms with van der Waals surface area (Å²) in [7, 11) is 0. The van der Waals surface area contributed by atoms with Gasteiger partial charge in [-0.2, -0.15) is 0 Å². The predicted molar refractivity (Wildman–Crippen MR) is 114 cm³/mol. The van der Waals surface area contributed by atoms with E-state index in [0.29, 0.717) is 12.8 Å². The molecular formula is C23H29BrO7. The van der Waals surface area contributed by atoms with Gasteiger partial charge < -0.3 is 20.1 Å². The molecular weight excluding hydrogens is 468 g/mol. The Bertz CT molecular complexity index is 912. The van der Waals surface area contributed by atoms with E-state index >= 15 is 0 Å².